The molecule has 0 aliphatic heterocycles. The molecule has 2 atom stereocenters. The molecule has 1 heterocycles. The number of hydrogen-bond acceptors (Lipinski definition) is 7. The number of sulfonamides is 1. The van der Waals surface area contributed by atoms with Gasteiger partial charge in [-0.2, -0.15) is 0 Å². The van der Waals surface area contributed by atoms with E-state index in [0.717, 1.165) is 24.8 Å². The van der Waals surface area contributed by atoms with Crippen LogP contribution in [-0.4, -0.2) is 42.6 Å². The highest BCUT2D eigenvalue weighted by Crippen LogP contribution is 2.30. The predicted octanol–water partition coefficient (Wildman–Crippen LogP) is 3.07. The number of methoxy groups -OCH3 is 1. The highest BCUT2D eigenvalue weighted by atomic mass is 32.2. The molecule has 9 nitrogen and oxygen atoms in total. The summed E-state index contributed by atoms with van der Waals surface area (Å²) in [6, 6.07) is 15.7. The molecule has 1 aromatic heterocycles. The number of nitrogens with zero attached hydrogens (tertiary/aromatic N) is 3. The topological polar surface area (TPSA) is 112 Å². The van der Waals surface area contributed by atoms with E-state index in [1.54, 1.807) is 42.1 Å². The number of aryl methyl sites for hydroxylation is 1. The van der Waals surface area contributed by atoms with Crippen molar-refractivity contribution in [2.45, 2.75) is 43.2 Å². The molecular formula is C24H28N4O5S. The third-order valence-corrected chi connectivity index (χ3v) is 7.43. The van der Waals surface area contributed by atoms with E-state index >= 15 is 0 Å². The summed E-state index contributed by atoms with van der Waals surface area (Å²) in [6.45, 7) is 0.0469. The van der Waals surface area contributed by atoms with Crippen molar-refractivity contribution >= 4 is 16.0 Å². The zero-order chi connectivity index (χ0) is 24.1. The molecule has 0 spiro atoms. The number of carbonyl (C=O) groups excluding carboxylic acids is 1. The number of rotatable bonds is 8. The van der Waals surface area contributed by atoms with Gasteiger partial charge in [-0.3, -0.25) is 9.48 Å². The van der Waals surface area contributed by atoms with Crippen LogP contribution in [0, 0.1) is 5.92 Å². The fourth-order valence-electron chi connectivity index (χ4n) is 4.16. The maximum atomic E-state index is 12.6. The van der Waals surface area contributed by atoms with Crippen LogP contribution in [0.25, 0.3) is 11.3 Å². The summed E-state index contributed by atoms with van der Waals surface area (Å²) in [5.41, 5.74) is 2.03. The summed E-state index contributed by atoms with van der Waals surface area (Å²) in [5, 5.41) is 8.30. The molecule has 0 bridgehead atoms. The van der Waals surface area contributed by atoms with Crippen molar-refractivity contribution in [1.29, 1.82) is 0 Å². The standard InChI is InChI=1S/C24H28N4O5S/c1-28-22(16-25-34(30,31)21-9-4-3-5-10-21)23(26-27-28)17-11-13-19(14-12-17)33-20-8-6-7-18(15-20)24(29)32-2/h3-5,9-14,18,20,25H,6-8,15-16H2,1-2H3/t18-,20-/m0/s1. The number of ether oxygens (including phenoxy) is 2. The van der Waals surface area contributed by atoms with Gasteiger partial charge < -0.3 is 9.47 Å². The van der Waals surface area contributed by atoms with E-state index in [1.807, 2.05) is 24.3 Å². The molecule has 1 fully saturated rings. The Kier molecular flexibility index (Phi) is 7.28. The van der Waals surface area contributed by atoms with E-state index in [9.17, 15) is 13.2 Å². The fourth-order valence-corrected chi connectivity index (χ4v) is 5.17. The smallest absolute Gasteiger partial charge is 0.308 e. The van der Waals surface area contributed by atoms with Gasteiger partial charge >= 0.3 is 5.97 Å². The zero-order valence-corrected chi connectivity index (χ0v) is 20.0. The molecule has 1 aliphatic rings. The van der Waals surface area contributed by atoms with Crippen molar-refractivity contribution in [2.24, 2.45) is 13.0 Å². The number of aromatic nitrogens is 3. The van der Waals surface area contributed by atoms with E-state index in [4.69, 9.17) is 9.47 Å². The second kappa shape index (κ2) is 10.4. The lowest BCUT2D eigenvalue weighted by atomic mass is 9.87. The third kappa shape index (κ3) is 5.45. The Morgan fingerprint density at radius 3 is 2.56 bits per heavy atom. The van der Waals surface area contributed by atoms with E-state index in [-0.39, 0.29) is 29.4 Å². The summed E-state index contributed by atoms with van der Waals surface area (Å²) in [4.78, 5) is 12.1. The SMILES string of the molecule is COC(=O)[C@H]1CCC[C@H](Oc2ccc(-c3nnn(C)c3CNS(=O)(=O)c3ccccc3)cc2)C1. The van der Waals surface area contributed by atoms with Crippen LogP contribution in [0.3, 0.4) is 0 Å². The number of nitrogens with one attached hydrogen (secondary N) is 1. The Morgan fingerprint density at radius 2 is 1.85 bits per heavy atom. The van der Waals surface area contributed by atoms with Crippen LogP contribution < -0.4 is 9.46 Å². The van der Waals surface area contributed by atoms with Crippen LogP contribution in [-0.2, 0) is 33.1 Å². The minimum absolute atomic E-state index is 0.0387. The number of benzene rings is 2. The molecule has 2 aromatic carbocycles. The molecule has 3 aromatic rings. The van der Waals surface area contributed by atoms with Crippen LogP contribution in [0.4, 0.5) is 0 Å². The van der Waals surface area contributed by atoms with Crippen LogP contribution in [0.2, 0.25) is 0 Å². The summed E-state index contributed by atoms with van der Waals surface area (Å²) < 4.78 is 40.4. The lowest BCUT2D eigenvalue weighted by Crippen LogP contribution is -2.30. The maximum Gasteiger partial charge on any atom is 0.308 e. The molecule has 1 N–H and O–H groups in total. The molecule has 0 amide bonds. The first-order chi connectivity index (χ1) is 16.4. The van der Waals surface area contributed by atoms with E-state index < -0.39 is 10.0 Å². The Bertz CT molecular complexity index is 1230. The van der Waals surface area contributed by atoms with Gasteiger partial charge in [0.05, 0.1) is 36.3 Å². The number of carbonyl (C=O) groups is 1. The van der Waals surface area contributed by atoms with Gasteiger partial charge in [-0.25, -0.2) is 13.1 Å². The van der Waals surface area contributed by atoms with Crippen molar-refractivity contribution in [2.75, 3.05) is 7.11 Å². The molecule has 0 unspecified atom stereocenters. The largest absolute Gasteiger partial charge is 0.490 e. The van der Waals surface area contributed by atoms with Gasteiger partial charge in [0.25, 0.3) is 0 Å². The lowest BCUT2D eigenvalue weighted by molar-refractivity contribution is -0.147. The van der Waals surface area contributed by atoms with Gasteiger partial charge in [-0.1, -0.05) is 23.4 Å². The first kappa shape index (κ1) is 23.9. The van der Waals surface area contributed by atoms with Gasteiger partial charge in [0.15, 0.2) is 0 Å². The molecule has 0 saturated heterocycles. The minimum Gasteiger partial charge on any atom is -0.490 e. The van der Waals surface area contributed by atoms with Gasteiger partial charge in [0, 0.05) is 12.6 Å². The molecule has 10 heteroatoms. The second-order valence-corrected chi connectivity index (χ2v) is 10.1. The van der Waals surface area contributed by atoms with Gasteiger partial charge in [-0.15, -0.1) is 5.10 Å². The first-order valence-corrected chi connectivity index (χ1v) is 12.6. The second-order valence-electron chi connectivity index (χ2n) is 8.30. The molecule has 1 saturated carbocycles. The molecule has 4 rings (SSSR count). The van der Waals surface area contributed by atoms with Gasteiger partial charge in [-0.05, 0) is 62.1 Å². The normalized spacial score (nSPS) is 18.4. The lowest BCUT2D eigenvalue weighted by Gasteiger charge is -2.28. The van der Waals surface area contributed by atoms with Gasteiger partial charge in [0.2, 0.25) is 10.0 Å². The highest BCUT2D eigenvalue weighted by Gasteiger charge is 2.29. The number of hydrogen-bond donors (Lipinski definition) is 1. The van der Waals surface area contributed by atoms with E-state index in [1.165, 1.54) is 7.11 Å². The fraction of sp³-hybridized carbons (Fsp3) is 0.375. The summed E-state index contributed by atoms with van der Waals surface area (Å²) in [6.07, 6.45) is 3.25. The molecule has 1 aliphatic carbocycles. The van der Waals surface area contributed by atoms with Crippen molar-refractivity contribution in [1.82, 2.24) is 19.7 Å². The number of esters is 1. The van der Waals surface area contributed by atoms with E-state index in [2.05, 4.69) is 15.0 Å². The quantitative estimate of drug-likeness (QED) is 0.489. The summed E-state index contributed by atoms with van der Waals surface area (Å²) >= 11 is 0. The Hall–Kier alpha value is -3.24. The van der Waals surface area contributed by atoms with E-state index in [0.29, 0.717) is 23.6 Å². The van der Waals surface area contributed by atoms with Crippen LogP contribution in [0.1, 0.15) is 31.4 Å². The molecular weight excluding hydrogens is 456 g/mol. The van der Waals surface area contributed by atoms with Crippen molar-refractivity contribution < 1.29 is 22.7 Å². The highest BCUT2D eigenvalue weighted by molar-refractivity contribution is 7.89. The van der Waals surface area contributed by atoms with Crippen molar-refractivity contribution in [3.8, 4) is 17.0 Å². The molecule has 34 heavy (non-hydrogen) atoms. The Morgan fingerprint density at radius 1 is 1.12 bits per heavy atom. The van der Waals surface area contributed by atoms with Crippen molar-refractivity contribution in [3.63, 3.8) is 0 Å². The average Bonchev–Trinajstić information content (AvgIpc) is 3.23. The van der Waals surface area contributed by atoms with Gasteiger partial charge in [0.1, 0.15) is 11.4 Å². The summed E-state index contributed by atoms with van der Waals surface area (Å²) in [7, 11) is -0.521. The summed E-state index contributed by atoms with van der Waals surface area (Å²) in [5.74, 6) is 0.404. The molecule has 0 radical (unpaired) electrons. The monoisotopic (exact) mass is 484 g/mol. The van der Waals surface area contributed by atoms with Crippen molar-refractivity contribution in [3.05, 3.63) is 60.3 Å². The Labute approximate surface area is 199 Å². The van der Waals surface area contributed by atoms with Crippen LogP contribution in [0.5, 0.6) is 5.75 Å². The third-order valence-electron chi connectivity index (χ3n) is 6.02. The average molecular weight is 485 g/mol. The molecule has 180 valence electrons. The predicted molar refractivity (Wildman–Crippen MR) is 125 cm³/mol. The first-order valence-electron chi connectivity index (χ1n) is 11.2. The Balaban J connectivity index is 1.44. The zero-order valence-electron chi connectivity index (χ0n) is 19.2. The maximum absolute atomic E-state index is 12.6. The van der Waals surface area contributed by atoms with Crippen LogP contribution in [0.15, 0.2) is 59.5 Å². The minimum atomic E-state index is -3.66. The van der Waals surface area contributed by atoms with Crippen LogP contribution >= 0.6 is 0 Å².